The molecule has 4 heteroatoms. The van der Waals surface area contributed by atoms with Gasteiger partial charge in [0, 0.05) is 18.4 Å². The second-order valence-electron chi connectivity index (χ2n) is 5.30. The Morgan fingerprint density at radius 3 is 3.00 bits per heavy atom. The van der Waals surface area contributed by atoms with Crippen molar-refractivity contribution in [3.63, 3.8) is 0 Å². The molecule has 4 nitrogen and oxygen atoms in total. The summed E-state index contributed by atoms with van der Waals surface area (Å²) < 4.78 is 5.49. The number of hydrogen-bond acceptors (Lipinski definition) is 3. The van der Waals surface area contributed by atoms with Gasteiger partial charge in [-0.1, -0.05) is 26.0 Å². The van der Waals surface area contributed by atoms with Gasteiger partial charge < -0.3 is 15.2 Å². The Balaban J connectivity index is 2.07. The van der Waals surface area contributed by atoms with Crippen molar-refractivity contribution in [3.8, 4) is 5.75 Å². The van der Waals surface area contributed by atoms with Gasteiger partial charge in [0.25, 0.3) is 0 Å². The van der Waals surface area contributed by atoms with Gasteiger partial charge in [-0.15, -0.1) is 0 Å². The lowest BCUT2D eigenvalue weighted by Crippen LogP contribution is -2.35. The maximum absolute atomic E-state index is 10.5. The maximum Gasteiger partial charge on any atom is 0.317 e. The quantitative estimate of drug-likeness (QED) is 0.831. The van der Waals surface area contributed by atoms with Crippen molar-refractivity contribution in [2.75, 3.05) is 19.7 Å². The number of aliphatic carboxylic acids is 1. The Bertz CT molecular complexity index is 454. The summed E-state index contributed by atoms with van der Waals surface area (Å²) in [5, 5.41) is 11.6. The van der Waals surface area contributed by atoms with E-state index in [2.05, 4.69) is 31.3 Å². The molecule has 0 radical (unpaired) electrons. The largest absolute Gasteiger partial charge is 0.493 e. The molecule has 0 atom stereocenters. The van der Waals surface area contributed by atoms with Gasteiger partial charge in [0.2, 0.25) is 0 Å². The molecule has 2 N–H and O–H groups in total. The van der Waals surface area contributed by atoms with Crippen molar-refractivity contribution >= 4 is 5.97 Å². The van der Waals surface area contributed by atoms with Crippen LogP contribution in [0.3, 0.4) is 0 Å². The molecule has 0 aliphatic carbocycles. The Morgan fingerprint density at radius 2 is 2.28 bits per heavy atom. The average molecular weight is 249 g/mol. The molecular formula is C14H19NO3. The molecule has 0 fully saturated rings. The maximum atomic E-state index is 10.5. The van der Waals surface area contributed by atoms with Crippen LogP contribution in [0.2, 0.25) is 0 Å². The van der Waals surface area contributed by atoms with Gasteiger partial charge in [-0.3, -0.25) is 4.79 Å². The summed E-state index contributed by atoms with van der Waals surface area (Å²) in [5.74, 6) is 0.154. The average Bonchev–Trinajstić information content (AvgIpc) is 2.74. The van der Waals surface area contributed by atoms with Gasteiger partial charge in [0.15, 0.2) is 0 Å². The Hall–Kier alpha value is -1.55. The summed E-state index contributed by atoms with van der Waals surface area (Å²) in [5.41, 5.74) is 2.37. The van der Waals surface area contributed by atoms with Crippen LogP contribution < -0.4 is 10.1 Å². The Morgan fingerprint density at radius 1 is 1.50 bits per heavy atom. The first-order valence-corrected chi connectivity index (χ1v) is 6.18. The molecule has 0 bridgehead atoms. The van der Waals surface area contributed by atoms with E-state index < -0.39 is 5.97 Å². The van der Waals surface area contributed by atoms with E-state index in [4.69, 9.17) is 9.84 Å². The monoisotopic (exact) mass is 249 g/mol. The highest BCUT2D eigenvalue weighted by molar-refractivity contribution is 5.69. The number of carboxylic acids is 1. The summed E-state index contributed by atoms with van der Waals surface area (Å²) in [6.45, 7) is 5.62. The molecule has 0 amide bonds. The third kappa shape index (κ3) is 2.82. The summed E-state index contributed by atoms with van der Waals surface area (Å²) in [6.07, 6.45) is 0.960. The fraction of sp³-hybridized carbons (Fsp3) is 0.500. The highest BCUT2D eigenvalue weighted by Gasteiger charge is 2.23. The van der Waals surface area contributed by atoms with Crippen LogP contribution in [0.15, 0.2) is 18.2 Å². The fourth-order valence-electron chi connectivity index (χ4n) is 2.19. The van der Waals surface area contributed by atoms with Gasteiger partial charge in [0.05, 0.1) is 13.2 Å². The van der Waals surface area contributed by atoms with E-state index >= 15 is 0 Å². The minimum absolute atomic E-state index is 0.00250. The summed E-state index contributed by atoms with van der Waals surface area (Å²) in [7, 11) is 0. The number of nitrogens with one attached hydrogen (secondary N) is 1. The lowest BCUT2D eigenvalue weighted by atomic mass is 9.83. The molecular weight excluding hydrogens is 230 g/mol. The highest BCUT2D eigenvalue weighted by atomic mass is 16.5. The molecule has 0 aromatic heterocycles. The van der Waals surface area contributed by atoms with Crippen LogP contribution in [0, 0.1) is 0 Å². The molecule has 18 heavy (non-hydrogen) atoms. The van der Waals surface area contributed by atoms with E-state index in [0.29, 0.717) is 6.54 Å². The molecule has 0 saturated heterocycles. The topological polar surface area (TPSA) is 58.6 Å². The molecule has 1 aliphatic heterocycles. The number of carboxylic acid groups (broad SMARTS) is 1. The van der Waals surface area contributed by atoms with Crippen LogP contribution in [0.5, 0.6) is 5.75 Å². The van der Waals surface area contributed by atoms with Crippen LogP contribution in [0.1, 0.15) is 25.0 Å². The highest BCUT2D eigenvalue weighted by Crippen LogP contribution is 2.31. The van der Waals surface area contributed by atoms with Crippen molar-refractivity contribution in [1.29, 1.82) is 0 Å². The fourth-order valence-corrected chi connectivity index (χ4v) is 2.19. The number of fused-ring (bicyclic) bond motifs is 1. The first kappa shape index (κ1) is 12.9. The molecule has 0 unspecified atom stereocenters. The third-order valence-corrected chi connectivity index (χ3v) is 3.31. The molecule has 2 rings (SSSR count). The zero-order chi connectivity index (χ0) is 13.2. The van der Waals surface area contributed by atoms with Crippen LogP contribution in [-0.2, 0) is 16.6 Å². The number of rotatable bonds is 5. The van der Waals surface area contributed by atoms with Crippen LogP contribution >= 0.6 is 0 Å². The number of ether oxygens (including phenoxy) is 1. The summed E-state index contributed by atoms with van der Waals surface area (Å²) in [6, 6.07) is 6.24. The van der Waals surface area contributed by atoms with Crippen LogP contribution in [0.4, 0.5) is 0 Å². The van der Waals surface area contributed by atoms with E-state index in [0.717, 1.165) is 18.8 Å². The van der Waals surface area contributed by atoms with Crippen molar-refractivity contribution in [3.05, 3.63) is 29.3 Å². The van der Waals surface area contributed by atoms with Gasteiger partial charge in [-0.05, 0) is 17.2 Å². The van der Waals surface area contributed by atoms with Gasteiger partial charge in [-0.25, -0.2) is 0 Å². The van der Waals surface area contributed by atoms with E-state index in [1.54, 1.807) is 0 Å². The predicted octanol–water partition coefficient (Wildman–Crippen LogP) is 1.57. The van der Waals surface area contributed by atoms with Crippen molar-refractivity contribution in [1.82, 2.24) is 5.32 Å². The number of hydrogen-bond donors (Lipinski definition) is 2. The minimum atomic E-state index is -0.826. The molecule has 1 aromatic rings. The van der Waals surface area contributed by atoms with Crippen LogP contribution in [0.25, 0.3) is 0 Å². The van der Waals surface area contributed by atoms with E-state index in [-0.39, 0.29) is 12.0 Å². The van der Waals surface area contributed by atoms with Crippen molar-refractivity contribution < 1.29 is 14.6 Å². The van der Waals surface area contributed by atoms with Crippen LogP contribution in [-0.4, -0.2) is 30.8 Å². The minimum Gasteiger partial charge on any atom is -0.493 e. The molecule has 1 aliphatic rings. The molecule has 0 spiro atoms. The second kappa shape index (κ2) is 4.98. The van der Waals surface area contributed by atoms with Gasteiger partial charge >= 0.3 is 5.97 Å². The predicted molar refractivity (Wildman–Crippen MR) is 69.2 cm³/mol. The second-order valence-corrected chi connectivity index (χ2v) is 5.30. The zero-order valence-electron chi connectivity index (χ0n) is 10.8. The van der Waals surface area contributed by atoms with Gasteiger partial charge in [-0.2, -0.15) is 0 Å². The Kier molecular flexibility index (Phi) is 3.57. The van der Waals surface area contributed by atoms with E-state index in [9.17, 15) is 4.79 Å². The molecule has 98 valence electrons. The van der Waals surface area contributed by atoms with E-state index in [1.807, 2.05) is 6.07 Å². The lowest BCUT2D eigenvalue weighted by molar-refractivity contribution is -0.136. The molecule has 0 saturated carbocycles. The first-order valence-electron chi connectivity index (χ1n) is 6.18. The summed E-state index contributed by atoms with van der Waals surface area (Å²) in [4.78, 5) is 10.5. The van der Waals surface area contributed by atoms with E-state index in [1.165, 1.54) is 11.1 Å². The lowest BCUT2D eigenvalue weighted by Gasteiger charge is -2.26. The molecule has 1 heterocycles. The Labute approximate surface area is 107 Å². The first-order chi connectivity index (χ1) is 8.49. The number of benzene rings is 1. The smallest absolute Gasteiger partial charge is 0.317 e. The zero-order valence-corrected chi connectivity index (χ0v) is 10.8. The van der Waals surface area contributed by atoms with Gasteiger partial charge in [0.1, 0.15) is 5.75 Å². The van der Waals surface area contributed by atoms with Crippen molar-refractivity contribution in [2.45, 2.75) is 25.7 Å². The molecule has 1 aromatic carbocycles. The number of carbonyl (C=O) groups is 1. The SMILES string of the molecule is CC(C)(CNCC(=O)O)c1ccc2c(c1)CCO2. The standard InChI is InChI=1S/C14H19NO3/c1-14(2,9-15-8-13(16)17)11-3-4-12-10(7-11)5-6-18-12/h3-4,7,15H,5-6,8-9H2,1-2H3,(H,16,17). The summed E-state index contributed by atoms with van der Waals surface area (Å²) >= 11 is 0. The normalized spacial score (nSPS) is 14.1. The van der Waals surface area contributed by atoms with Crippen molar-refractivity contribution in [2.24, 2.45) is 0 Å². The third-order valence-electron chi connectivity index (χ3n) is 3.31.